The van der Waals surface area contributed by atoms with E-state index in [4.69, 9.17) is 0 Å². The van der Waals surface area contributed by atoms with Crippen molar-refractivity contribution in [2.24, 2.45) is 0 Å². The Hall–Kier alpha value is -1.39. The summed E-state index contributed by atoms with van der Waals surface area (Å²) in [5.41, 5.74) is 0. The van der Waals surface area contributed by atoms with Crippen molar-refractivity contribution in [1.82, 2.24) is 0 Å². The van der Waals surface area contributed by atoms with Gasteiger partial charge in [-0.3, -0.25) is 0 Å². The van der Waals surface area contributed by atoms with E-state index in [0.717, 1.165) is 0 Å². The maximum absolute atomic E-state index is 4.15. The van der Waals surface area contributed by atoms with Gasteiger partial charge in [-0.05, 0) is 30.7 Å². The number of rotatable bonds is 5. The van der Waals surface area contributed by atoms with Crippen molar-refractivity contribution in [2.45, 2.75) is 13.3 Å². The molecule has 0 saturated heterocycles. The van der Waals surface area contributed by atoms with Crippen molar-refractivity contribution in [1.29, 1.82) is 0 Å². The molecule has 2 aromatic rings. The highest BCUT2D eigenvalue weighted by atomic mass is 31.2. The maximum Gasteiger partial charge on any atom is 0.104 e. The summed E-state index contributed by atoms with van der Waals surface area (Å²) in [6, 6.07) is 21.7. The third-order valence-electron chi connectivity index (χ3n) is 3.32. The van der Waals surface area contributed by atoms with Crippen molar-refractivity contribution in [2.75, 3.05) is 6.16 Å². The first-order chi connectivity index (χ1) is 8.83. The first kappa shape index (κ1) is 13.1. The summed E-state index contributed by atoms with van der Waals surface area (Å²) in [6.45, 7) is 6.41. The van der Waals surface area contributed by atoms with Gasteiger partial charge in [0.05, 0.1) is 12.0 Å². The largest absolute Gasteiger partial charge is 0.104 e. The molecule has 0 N–H and O–H groups in total. The Morgan fingerprint density at radius 3 is 1.67 bits per heavy atom. The number of benzene rings is 2. The van der Waals surface area contributed by atoms with Crippen LogP contribution in [0.5, 0.6) is 0 Å². The van der Waals surface area contributed by atoms with Gasteiger partial charge in [-0.1, -0.05) is 49.9 Å². The normalized spacial score (nSPS) is 11.2. The van der Waals surface area contributed by atoms with Crippen LogP contribution in [-0.4, -0.2) is 6.16 Å². The lowest BCUT2D eigenvalue weighted by Gasteiger charge is -2.23. The highest BCUT2D eigenvalue weighted by Gasteiger charge is 2.38. The molecule has 0 aliphatic heterocycles. The summed E-state index contributed by atoms with van der Waals surface area (Å²) >= 11 is 0. The molecule has 0 aromatic heterocycles. The summed E-state index contributed by atoms with van der Waals surface area (Å²) in [4.78, 5) is 0. The van der Waals surface area contributed by atoms with E-state index < -0.39 is 7.26 Å². The van der Waals surface area contributed by atoms with Crippen molar-refractivity contribution < 1.29 is 0 Å². The predicted molar refractivity (Wildman–Crippen MR) is 84.4 cm³/mol. The molecule has 0 unspecified atom stereocenters. The van der Waals surface area contributed by atoms with Gasteiger partial charge in [0.15, 0.2) is 0 Å². The third kappa shape index (κ3) is 2.40. The van der Waals surface area contributed by atoms with Gasteiger partial charge < -0.3 is 0 Å². The fraction of sp³-hybridized carbons (Fsp3) is 0.176. The highest BCUT2D eigenvalue weighted by molar-refractivity contribution is 7.92. The second-order valence-corrected chi connectivity index (χ2v) is 8.03. The minimum atomic E-state index is -1.42. The first-order valence-electron chi connectivity index (χ1n) is 6.46. The minimum absolute atomic E-state index is 1.18. The summed E-state index contributed by atoms with van der Waals surface area (Å²) in [5.74, 6) is 2.21. The highest BCUT2D eigenvalue weighted by Crippen LogP contribution is 2.57. The summed E-state index contributed by atoms with van der Waals surface area (Å²) in [7, 11) is -1.42. The average Bonchev–Trinajstić information content (AvgIpc) is 2.47. The molecule has 0 aliphatic carbocycles. The molecule has 1 heteroatoms. The standard InChI is InChI=1S/C17H20P/c1-3-15-18(4-2,16-11-7-5-8-12-16)17-13-9-6-10-14-17/h4-14H,2-3,15H2,1H3/q+1. The van der Waals surface area contributed by atoms with Crippen LogP contribution < -0.4 is 10.6 Å². The third-order valence-corrected chi connectivity index (χ3v) is 7.54. The van der Waals surface area contributed by atoms with Gasteiger partial charge in [0.25, 0.3) is 0 Å². The van der Waals surface area contributed by atoms with Crippen LogP contribution in [0.25, 0.3) is 0 Å². The lowest BCUT2D eigenvalue weighted by atomic mass is 10.4. The minimum Gasteiger partial charge on any atom is -0.0631 e. The molecule has 0 bridgehead atoms. The van der Waals surface area contributed by atoms with Crippen LogP contribution in [0.15, 0.2) is 73.1 Å². The predicted octanol–water partition coefficient (Wildman–Crippen LogP) is 4.21. The molecule has 18 heavy (non-hydrogen) atoms. The Bertz CT molecular complexity index is 448. The van der Waals surface area contributed by atoms with E-state index in [1.54, 1.807) is 0 Å². The Morgan fingerprint density at radius 2 is 1.33 bits per heavy atom. The zero-order chi connectivity index (χ0) is 12.8. The smallest absolute Gasteiger partial charge is 0.0631 e. The second-order valence-electron chi connectivity index (χ2n) is 4.45. The zero-order valence-corrected chi connectivity index (χ0v) is 11.8. The molecular weight excluding hydrogens is 235 g/mol. The van der Waals surface area contributed by atoms with Crippen LogP contribution in [0.1, 0.15) is 13.3 Å². The Labute approximate surface area is 111 Å². The van der Waals surface area contributed by atoms with Gasteiger partial charge in [-0.2, -0.15) is 0 Å². The fourth-order valence-corrected chi connectivity index (χ4v) is 5.98. The van der Waals surface area contributed by atoms with Crippen LogP contribution in [-0.2, 0) is 0 Å². The molecule has 0 amide bonds. The zero-order valence-electron chi connectivity index (χ0n) is 10.9. The molecule has 0 nitrogen and oxygen atoms in total. The monoisotopic (exact) mass is 255 g/mol. The molecular formula is C17H20P+. The second kappa shape index (κ2) is 5.98. The van der Waals surface area contributed by atoms with Gasteiger partial charge >= 0.3 is 0 Å². The molecule has 0 atom stereocenters. The van der Waals surface area contributed by atoms with E-state index in [-0.39, 0.29) is 0 Å². The Kier molecular flexibility index (Phi) is 4.33. The maximum atomic E-state index is 4.15. The van der Waals surface area contributed by atoms with E-state index in [0.29, 0.717) is 0 Å². The van der Waals surface area contributed by atoms with Gasteiger partial charge in [-0.25, -0.2) is 0 Å². The summed E-state index contributed by atoms with van der Waals surface area (Å²) in [5, 5.41) is 2.88. The molecule has 0 radical (unpaired) electrons. The average molecular weight is 255 g/mol. The van der Waals surface area contributed by atoms with E-state index in [1.807, 2.05) is 0 Å². The fourth-order valence-electron chi connectivity index (χ4n) is 2.45. The van der Waals surface area contributed by atoms with Gasteiger partial charge in [0, 0.05) is 0 Å². The van der Waals surface area contributed by atoms with Gasteiger partial charge in [0.1, 0.15) is 17.9 Å². The van der Waals surface area contributed by atoms with E-state index >= 15 is 0 Å². The van der Waals surface area contributed by atoms with Crippen LogP contribution >= 0.6 is 7.26 Å². The molecule has 0 heterocycles. The molecule has 2 aromatic carbocycles. The van der Waals surface area contributed by atoms with Crippen molar-refractivity contribution in [3.8, 4) is 0 Å². The van der Waals surface area contributed by atoms with Crippen LogP contribution in [0.3, 0.4) is 0 Å². The molecule has 0 saturated carbocycles. The molecule has 0 aliphatic rings. The molecule has 0 spiro atoms. The van der Waals surface area contributed by atoms with E-state index in [2.05, 4.69) is 80.0 Å². The van der Waals surface area contributed by atoms with E-state index in [1.165, 1.54) is 23.2 Å². The van der Waals surface area contributed by atoms with Crippen molar-refractivity contribution in [3.05, 3.63) is 73.1 Å². The SMILES string of the molecule is C=C[P+](CCC)(c1ccccc1)c1ccccc1. The van der Waals surface area contributed by atoms with Crippen LogP contribution in [0.2, 0.25) is 0 Å². The van der Waals surface area contributed by atoms with Crippen molar-refractivity contribution in [3.63, 3.8) is 0 Å². The first-order valence-corrected chi connectivity index (χ1v) is 8.50. The Balaban J connectivity index is 2.57. The van der Waals surface area contributed by atoms with Crippen molar-refractivity contribution >= 4 is 17.9 Å². The lowest BCUT2D eigenvalue weighted by molar-refractivity contribution is 1.10. The Morgan fingerprint density at radius 1 is 0.889 bits per heavy atom. The molecule has 92 valence electrons. The topological polar surface area (TPSA) is 0 Å². The van der Waals surface area contributed by atoms with Gasteiger partial charge in [0.2, 0.25) is 0 Å². The lowest BCUT2D eigenvalue weighted by Crippen LogP contribution is -2.22. The summed E-state index contributed by atoms with van der Waals surface area (Å²) in [6.07, 6.45) is 2.38. The van der Waals surface area contributed by atoms with Gasteiger partial charge in [-0.15, -0.1) is 0 Å². The number of hydrogen-bond donors (Lipinski definition) is 0. The number of hydrogen-bond acceptors (Lipinski definition) is 0. The quantitative estimate of drug-likeness (QED) is 0.702. The molecule has 0 fully saturated rings. The van der Waals surface area contributed by atoms with Crippen LogP contribution in [0, 0.1) is 0 Å². The van der Waals surface area contributed by atoms with Crippen LogP contribution in [0.4, 0.5) is 0 Å². The van der Waals surface area contributed by atoms with E-state index in [9.17, 15) is 0 Å². The molecule has 2 rings (SSSR count). The summed E-state index contributed by atoms with van der Waals surface area (Å²) < 4.78 is 0.